The van der Waals surface area contributed by atoms with Crippen LogP contribution < -0.4 is 9.47 Å². The molecule has 4 nitrogen and oxygen atoms in total. The highest BCUT2D eigenvalue weighted by Crippen LogP contribution is 2.18. The van der Waals surface area contributed by atoms with Gasteiger partial charge in [0.1, 0.15) is 22.9 Å². The summed E-state index contributed by atoms with van der Waals surface area (Å²) in [5, 5.41) is 0. The second-order valence-electron chi connectivity index (χ2n) is 3.21. The van der Waals surface area contributed by atoms with Crippen molar-refractivity contribution < 1.29 is 19.0 Å². The second-order valence-corrected chi connectivity index (χ2v) is 4.31. The summed E-state index contributed by atoms with van der Waals surface area (Å²) < 4.78 is 15.3. The zero-order valence-electron chi connectivity index (χ0n) is 9.81. The van der Waals surface area contributed by atoms with Crippen LogP contribution in [0.2, 0.25) is 0 Å². The Hall–Kier alpha value is -1.23. The van der Waals surface area contributed by atoms with E-state index >= 15 is 0 Å². The van der Waals surface area contributed by atoms with Crippen molar-refractivity contribution in [3.05, 3.63) is 24.3 Å². The molecule has 0 saturated carbocycles. The first-order valence-electron chi connectivity index (χ1n) is 5.25. The van der Waals surface area contributed by atoms with E-state index in [2.05, 4.69) is 20.7 Å². The van der Waals surface area contributed by atoms with Crippen LogP contribution >= 0.6 is 15.9 Å². The highest BCUT2D eigenvalue weighted by Gasteiger charge is 2.15. The Morgan fingerprint density at radius 2 is 1.76 bits per heavy atom. The lowest BCUT2D eigenvalue weighted by atomic mass is 10.3. The van der Waals surface area contributed by atoms with Gasteiger partial charge in [-0.15, -0.1) is 0 Å². The molecule has 1 unspecified atom stereocenters. The maximum Gasteiger partial charge on any atom is 0.322 e. The summed E-state index contributed by atoms with van der Waals surface area (Å²) in [5.41, 5.74) is 0. The standard InChI is InChI=1S/C12H15BrO4/c1-3-16-9-4-6-10(7-5-9)17-8-11(13)12(14)15-2/h4-7,11H,3,8H2,1-2H3. The Bertz CT molecular complexity index is 350. The summed E-state index contributed by atoms with van der Waals surface area (Å²) >= 11 is 3.18. The molecule has 5 heteroatoms. The van der Waals surface area contributed by atoms with Gasteiger partial charge in [0.05, 0.1) is 13.7 Å². The van der Waals surface area contributed by atoms with Crippen molar-refractivity contribution in [3.63, 3.8) is 0 Å². The molecule has 1 rings (SSSR count). The van der Waals surface area contributed by atoms with Crippen LogP contribution in [0.15, 0.2) is 24.3 Å². The van der Waals surface area contributed by atoms with Gasteiger partial charge in [0.25, 0.3) is 0 Å². The number of esters is 1. The molecule has 0 radical (unpaired) electrons. The molecule has 0 aliphatic rings. The highest BCUT2D eigenvalue weighted by atomic mass is 79.9. The average molecular weight is 303 g/mol. The van der Waals surface area contributed by atoms with Gasteiger partial charge in [0.2, 0.25) is 0 Å². The van der Waals surface area contributed by atoms with Crippen LogP contribution in [-0.2, 0) is 9.53 Å². The van der Waals surface area contributed by atoms with E-state index in [4.69, 9.17) is 9.47 Å². The maximum absolute atomic E-state index is 11.1. The molecule has 0 aliphatic heterocycles. The number of methoxy groups -OCH3 is 1. The molecule has 0 aliphatic carbocycles. The third-order valence-electron chi connectivity index (χ3n) is 1.99. The van der Waals surface area contributed by atoms with E-state index in [1.807, 2.05) is 19.1 Å². The lowest BCUT2D eigenvalue weighted by Crippen LogP contribution is -2.22. The zero-order chi connectivity index (χ0) is 12.7. The molecule has 17 heavy (non-hydrogen) atoms. The fraction of sp³-hybridized carbons (Fsp3) is 0.417. The van der Waals surface area contributed by atoms with E-state index in [9.17, 15) is 4.79 Å². The van der Waals surface area contributed by atoms with E-state index in [0.717, 1.165) is 5.75 Å². The van der Waals surface area contributed by atoms with Crippen molar-refractivity contribution >= 4 is 21.9 Å². The summed E-state index contributed by atoms with van der Waals surface area (Å²) in [7, 11) is 1.34. The summed E-state index contributed by atoms with van der Waals surface area (Å²) in [6, 6.07) is 7.23. The van der Waals surface area contributed by atoms with Gasteiger partial charge in [-0.3, -0.25) is 4.79 Å². The van der Waals surface area contributed by atoms with Crippen LogP contribution in [0, 0.1) is 0 Å². The molecule has 0 heterocycles. The van der Waals surface area contributed by atoms with E-state index < -0.39 is 4.83 Å². The Balaban J connectivity index is 2.44. The number of rotatable bonds is 6. The zero-order valence-corrected chi connectivity index (χ0v) is 11.4. The number of hydrogen-bond donors (Lipinski definition) is 0. The number of ether oxygens (including phenoxy) is 3. The fourth-order valence-corrected chi connectivity index (χ4v) is 1.48. The topological polar surface area (TPSA) is 44.8 Å². The number of benzene rings is 1. The van der Waals surface area contributed by atoms with Gasteiger partial charge in [0.15, 0.2) is 0 Å². The Labute approximate surface area is 109 Å². The molecule has 0 N–H and O–H groups in total. The van der Waals surface area contributed by atoms with Gasteiger partial charge in [0, 0.05) is 0 Å². The smallest absolute Gasteiger partial charge is 0.322 e. The number of alkyl halides is 1. The molecule has 0 aromatic heterocycles. The normalized spacial score (nSPS) is 11.7. The maximum atomic E-state index is 11.1. The van der Waals surface area contributed by atoms with Crippen molar-refractivity contribution in [1.82, 2.24) is 0 Å². The van der Waals surface area contributed by atoms with Gasteiger partial charge in [-0.2, -0.15) is 0 Å². The number of carbonyl (C=O) groups is 1. The Morgan fingerprint density at radius 1 is 1.24 bits per heavy atom. The summed E-state index contributed by atoms with van der Waals surface area (Å²) in [5.74, 6) is 1.13. The lowest BCUT2D eigenvalue weighted by Gasteiger charge is -2.10. The van der Waals surface area contributed by atoms with Crippen molar-refractivity contribution in [3.8, 4) is 11.5 Å². The number of halogens is 1. The first-order valence-corrected chi connectivity index (χ1v) is 6.16. The van der Waals surface area contributed by atoms with Gasteiger partial charge in [-0.05, 0) is 31.2 Å². The van der Waals surface area contributed by atoms with Crippen molar-refractivity contribution in [2.75, 3.05) is 20.3 Å². The fourth-order valence-electron chi connectivity index (χ4n) is 1.16. The molecule has 0 saturated heterocycles. The molecule has 0 spiro atoms. The van der Waals surface area contributed by atoms with Crippen molar-refractivity contribution in [2.24, 2.45) is 0 Å². The van der Waals surface area contributed by atoms with Crippen LogP contribution in [0.5, 0.6) is 11.5 Å². The quantitative estimate of drug-likeness (QED) is 0.598. The minimum absolute atomic E-state index is 0.223. The van der Waals surface area contributed by atoms with Gasteiger partial charge >= 0.3 is 5.97 Å². The Kier molecular flexibility index (Phi) is 5.83. The van der Waals surface area contributed by atoms with Gasteiger partial charge in [-0.25, -0.2) is 0 Å². The molecule has 0 fully saturated rings. The van der Waals surface area contributed by atoms with Crippen LogP contribution in [0.1, 0.15) is 6.92 Å². The summed E-state index contributed by atoms with van der Waals surface area (Å²) in [6.45, 7) is 2.78. The van der Waals surface area contributed by atoms with E-state index in [-0.39, 0.29) is 12.6 Å². The molecule has 1 aromatic rings. The van der Waals surface area contributed by atoms with E-state index in [1.54, 1.807) is 12.1 Å². The third kappa shape index (κ3) is 4.65. The van der Waals surface area contributed by atoms with Crippen LogP contribution in [0.4, 0.5) is 0 Å². The molecule has 0 amide bonds. The summed E-state index contributed by atoms with van der Waals surface area (Å²) in [6.07, 6.45) is 0. The molecule has 1 aromatic carbocycles. The molecular weight excluding hydrogens is 288 g/mol. The predicted octanol–water partition coefficient (Wildman–Crippen LogP) is 2.40. The van der Waals surface area contributed by atoms with Gasteiger partial charge in [-0.1, -0.05) is 15.9 Å². The molecule has 0 bridgehead atoms. The summed E-state index contributed by atoms with van der Waals surface area (Å²) in [4.78, 5) is 10.6. The largest absolute Gasteiger partial charge is 0.494 e. The lowest BCUT2D eigenvalue weighted by molar-refractivity contribution is -0.140. The average Bonchev–Trinajstić information content (AvgIpc) is 2.37. The third-order valence-corrected chi connectivity index (χ3v) is 2.63. The Morgan fingerprint density at radius 3 is 2.24 bits per heavy atom. The van der Waals surface area contributed by atoms with E-state index in [0.29, 0.717) is 12.4 Å². The highest BCUT2D eigenvalue weighted by molar-refractivity contribution is 9.10. The molecule has 1 atom stereocenters. The second kappa shape index (κ2) is 7.17. The molecular formula is C12H15BrO4. The van der Waals surface area contributed by atoms with Crippen LogP contribution in [-0.4, -0.2) is 31.1 Å². The monoisotopic (exact) mass is 302 g/mol. The number of carbonyl (C=O) groups excluding carboxylic acids is 1. The SMILES string of the molecule is CCOc1ccc(OCC(Br)C(=O)OC)cc1. The minimum atomic E-state index is -0.459. The number of hydrogen-bond acceptors (Lipinski definition) is 4. The first kappa shape index (κ1) is 13.8. The van der Waals surface area contributed by atoms with Crippen LogP contribution in [0.3, 0.4) is 0 Å². The van der Waals surface area contributed by atoms with Gasteiger partial charge < -0.3 is 14.2 Å². The van der Waals surface area contributed by atoms with E-state index in [1.165, 1.54) is 7.11 Å². The predicted molar refractivity (Wildman–Crippen MR) is 67.8 cm³/mol. The molecule has 94 valence electrons. The minimum Gasteiger partial charge on any atom is -0.494 e. The first-order chi connectivity index (χ1) is 8.17. The van der Waals surface area contributed by atoms with Crippen molar-refractivity contribution in [1.29, 1.82) is 0 Å². The van der Waals surface area contributed by atoms with Crippen molar-refractivity contribution in [2.45, 2.75) is 11.8 Å². The van der Waals surface area contributed by atoms with Crippen LogP contribution in [0.25, 0.3) is 0 Å².